The molecule has 0 saturated carbocycles. The minimum absolute atomic E-state index is 0.0633. The number of sulfonamides is 1. The Morgan fingerprint density at radius 2 is 1.76 bits per heavy atom. The molecule has 0 fully saturated rings. The largest absolute Gasteiger partial charge is 0.480 e. The predicted molar refractivity (Wildman–Crippen MR) is 76.3 cm³/mol. The first-order valence-electron chi connectivity index (χ1n) is 6.42. The lowest BCUT2D eigenvalue weighted by molar-refractivity contribution is -0.137. The molecule has 0 aliphatic carbocycles. The van der Waals surface area contributed by atoms with Crippen LogP contribution < -0.4 is 10.0 Å². The molecule has 0 aliphatic rings. The second-order valence-corrected chi connectivity index (χ2v) is 6.16. The molecule has 116 valence electrons. The zero-order chi connectivity index (χ0) is 15.9. The van der Waals surface area contributed by atoms with Crippen LogP contribution in [0.5, 0.6) is 0 Å². The molecule has 1 aromatic rings. The summed E-state index contributed by atoms with van der Waals surface area (Å²) in [4.78, 5) is 21.6. The smallest absolute Gasteiger partial charge is 0.322 e. The molecule has 1 rings (SSSR count). The number of carboxylic acid groups (broad SMARTS) is 1. The minimum atomic E-state index is -3.78. The molecular weight excluding hydrogens is 296 g/mol. The molecule has 0 atom stereocenters. The molecule has 7 nitrogen and oxygen atoms in total. The lowest BCUT2D eigenvalue weighted by Crippen LogP contribution is -2.38. The number of carbonyl (C=O) groups excluding carboxylic acids is 1. The van der Waals surface area contributed by atoms with Crippen molar-refractivity contribution in [3.63, 3.8) is 0 Å². The van der Waals surface area contributed by atoms with Crippen LogP contribution in [-0.2, 0) is 26.0 Å². The van der Waals surface area contributed by atoms with Gasteiger partial charge in [0, 0.05) is 0 Å². The van der Waals surface area contributed by atoms with Gasteiger partial charge in [0.1, 0.15) is 6.54 Å². The Morgan fingerprint density at radius 1 is 1.14 bits per heavy atom. The highest BCUT2D eigenvalue weighted by Gasteiger charge is 2.15. The summed E-state index contributed by atoms with van der Waals surface area (Å²) in [7, 11) is -3.78. The summed E-state index contributed by atoms with van der Waals surface area (Å²) in [6.45, 7) is 0.973. The molecule has 0 aromatic heterocycles. The van der Waals surface area contributed by atoms with Gasteiger partial charge >= 0.3 is 5.97 Å². The van der Waals surface area contributed by atoms with Gasteiger partial charge in [0.2, 0.25) is 15.9 Å². The molecule has 0 saturated heterocycles. The Kier molecular flexibility index (Phi) is 6.32. The van der Waals surface area contributed by atoms with E-state index < -0.39 is 35.0 Å². The number of aryl methyl sites for hydroxylation is 1. The molecule has 0 radical (unpaired) electrons. The Labute approximate surface area is 123 Å². The van der Waals surface area contributed by atoms with Crippen LogP contribution in [0.4, 0.5) is 0 Å². The van der Waals surface area contributed by atoms with Crippen molar-refractivity contribution in [2.75, 3.05) is 13.1 Å². The molecular formula is C13H18N2O5S. The summed E-state index contributed by atoms with van der Waals surface area (Å²) in [5.41, 5.74) is 1.04. The number of hydrogen-bond acceptors (Lipinski definition) is 4. The summed E-state index contributed by atoms with van der Waals surface area (Å²) in [6.07, 6.45) is 1.83. The van der Waals surface area contributed by atoms with E-state index in [2.05, 4.69) is 10.0 Å². The fourth-order valence-electron chi connectivity index (χ4n) is 1.60. The third kappa shape index (κ3) is 5.92. The Bertz CT molecular complexity index is 595. The number of rotatable bonds is 8. The van der Waals surface area contributed by atoms with Crippen molar-refractivity contribution in [1.82, 2.24) is 10.0 Å². The molecule has 1 aromatic carbocycles. The first-order chi connectivity index (χ1) is 9.85. The van der Waals surface area contributed by atoms with Crippen molar-refractivity contribution in [2.45, 2.75) is 24.7 Å². The second-order valence-electron chi connectivity index (χ2n) is 4.39. The van der Waals surface area contributed by atoms with E-state index in [1.54, 1.807) is 12.1 Å². The number of benzene rings is 1. The van der Waals surface area contributed by atoms with Crippen molar-refractivity contribution in [3.05, 3.63) is 29.8 Å². The van der Waals surface area contributed by atoms with E-state index in [0.717, 1.165) is 18.4 Å². The van der Waals surface area contributed by atoms with Crippen LogP contribution in [0.2, 0.25) is 0 Å². The van der Waals surface area contributed by atoms with Crippen LogP contribution in [0.25, 0.3) is 0 Å². The average molecular weight is 314 g/mol. The number of nitrogens with one attached hydrogen (secondary N) is 2. The fourth-order valence-corrected chi connectivity index (χ4v) is 2.59. The van der Waals surface area contributed by atoms with E-state index in [9.17, 15) is 18.0 Å². The monoisotopic (exact) mass is 314 g/mol. The molecule has 0 bridgehead atoms. The number of amides is 1. The summed E-state index contributed by atoms with van der Waals surface area (Å²) >= 11 is 0. The minimum Gasteiger partial charge on any atom is -0.480 e. The van der Waals surface area contributed by atoms with Crippen molar-refractivity contribution in [3.8, 4) is 0 Å². The average Bonchev–Trinajstić information content (AvgIpc) is 2.44. The van der Waals surface area contributed by atoms with E-state index in [0.29, 0.717) is 0 Å². The van der Waals surface area contributed by atoms with Gasteiger partial charge in [-0.05, 0) is 24.1 Å². The normalized spacial score (nSPS) is 11.1. The van der Waals surface area contributed by atoms with Crippen LogP contribution in [0.15, 0.2) is 29.2 Å². The summed E-state index contributed by atoms with van der Waals surface area (Å²) in [6, 6.07) is 6.40. The Morgan fingerprint density at radius 3 is 2.29 bits per heavy atom. The van der Waals surface area contributed by atoms with Crippen LogP contribution >= 0.6 is 0 Å². The van der Waals surface area contributed by atoms with Gasteiger partial charge in [0.25, 0.3) is 0 Å². The van der Waals surface area contributed by atoms with Crippen molar-refractivity contribution < 1.29 is 23.1 Å². The standard InChI is InChI=1S/C13H18N2O5S/c1-2-3-10-4-6-11(7-5-10)21(19,20)15-8-12(16)14-9-13(17)18/h4-7,15H,2-3,8-9H2,1H3,(H,14,16)(H,17,18). The highest BCUT2D eigenvalue weighted by molar-refractivity contribution is 7.89. The van der Waals surface area contributed by atoms with E-state index in [-0.39, 0.29) is 4.90 Å². The Hall–Kier alpha value is -1.93. The van der Waals surface area contributed by atoms with Crippen LogP contribution in [0.3, 0.4) is 0 Å². The first-order valence-corrected chi connectivity index (χ1v) is 7.90. The van der Waals surface area contributed by atoms with Crippen molar-refractivity contribution in [1.29, 1.82) is 0 Å². The number of aliphatic carboxylic acids is 1. The molecule has 0 unspecified atom stereocenters. The lowest BCUT2D eigenvalue weighted by Gasteiger charge is -2.07. The van der Waals surface area contributed by atoms with Crippen molar-refractivity contribution >= 4 is 21.9 Å². The van der Waals surface area contributed by atoms with Crippen LogP contribution in [-0.4, -0.2) is 38.5 Å². The molecule has 3 N–H and O–H groups in total. The number of carbonyl (C=O) groups is 2. The van der Waals surface area contributed by atoms with Gasteiger partial charge in [-0.25, -0.2) is 13.1 Å². The van der Waals surface area contributed by atoms with E-state index in [4.69, 9.17) is 5.11 Å². The molecule has 0 heterocycles. The molecule has 21 heavy (non-hydrogen) atoms. The third-order valence-electron chi connectivity index (χ3n) is 2.63. The summed E-state index contributed by atoms with van der Waals surface area (Å²) < 4.78 is 26.0. The topological polar surface area (TPSA) is 113 Å². The maximum Gasteiger partial charge on any atom is 0.322 e. The molecule has 1 amide bonds. The van der Waals surface area contributed by atoms with Crippen molar-refractivity contribution in [2.24, 2.45) is 0 Å². The zero-order valence-electron chi connectivity index (χ0n) is 11.6. The highest BCUT2D eigenvalue weighted by Crippen LogP contribution is 2.11. The first kappa shape index (κ1) is 17.1. The quantitative estimate of drug-likeness (QED) is 0.631. The van der Waals surface area contributed by atoms with Gasteiger partial charge in [-0.15, -0.1) is 0 Å². The van der Waals surface area contributed by atoms with Gasteiger partial charge in [-0.1, -0.05) is 25.5 Å². The zero-order valence-corrected chi connectivity index (χ0v) is 12.4. The fraction of sp³-hybridized carbons (Fsp3) is 0.385. The lowest BCUT2D eigenvalue weighted by atomic mass is 10.1. The van der Waals surface area contributed by atoms with Crippen LogP contribution in [0.1, 0.15) is 18.9 Å². The number of hydrogen-bond donors (Lipinski definition) is 3. The Balaban J connectivity index is 2.60. The molecule has 0 spiro atoms. The van der Waals surface area contributed by atoms with Gasteiger partial charge < -0.3 is 10.4 Å². The summed E-state index contributed by atoms with van der Waals surface area (Å²) in [5.74, 6) is -1.90. The third-order valence-corrected chi connectivity index (χ3v) is 4.05. The summed E-state index contributed by atoms with van der Waals surface area (Å²) in [5, 5.41) is 10.5. The van der Waals surface area contributed by atoms with E-state index in [1.807, 2.05) is 6.92 Å². The van der Waals surface area contributed by atoms with Gasteiger partial charge in [-0.3, -0.25) is 9.59 Å². The second kappa shape index (κ2) is 7.75. The molecule has 8 heteroatoms. The van der Waals surface area contributed by atoms with E-state index in [1.165, 1.54) is 12.1 Å². The maximum atomic E-state index is 11.9. The van der Waals surface area contributed by atoms with Crippen LogP contribution in [0, 0.1) is 0 Å². The SMILES string of the molecule is CCCc1ccc(S(=O)(=O)NCC(=O)NCC(=O)O)cc1. The number of carboxylic acids is 1. The highest BCUT2D eigenvalue weighted by atomic mass is 32.2. The van der Waals surface area contributed by atoms with Gasteiger partial charge in [0.15, 0.2) is 0 Å². The van der Waals surface area contributed by atoms with Gasteiger partial charge in [0.05, 0.1) is 11.4 Å². The molecule has 0 aliphatic heterocycles. The van der Waals surface area contributed by atoms with Gasteiger partial charge in [-0.2, -0.15) is 0 Å². The maximum absolute atomic E-state index is 11.9. The van der Waals surface area contributed by atoms with E-state index >= 15 is 0 Å². The predicted octanol–water partition coefficient (Wildman–Crippen LogP) is 0.118.